The summed E-state index contributed by atoms with van der Waals surface area (Å²) in [7, 11) is 0. The van der Waals surface area contributed by atoms with Gasteiger partial charge in [-0.1, -0.05) is 41.4 Å². The fourth-order valence-electron chi connectivity index (χ4n) is 2.84. The van der Waals surface area contributed by atoms with Crippen LogP contribution in [0.15, 0.2) is 75.8 Å². The van der Waals surface area contributed by atoms with Gasteiger partial charge in [-0.05, 0) is 55.5 Å². The molecule has 0 saturated heterocycles. The van der Waals surface area contributed by atoms with Crippen LogP contribution < -0.4 is 5.01 Å². The Labute approximate surface area is 166 Å². The molecule has 0 spiro atoms. The molecule has 4 rings (SSSR count). The average Bonchev–Trinajstić information content (AvgIpc) is 3.22. The number of amides is 1. The van der Waals surface area contributed by atoms with Crippen LogP contribution in [0.1, 0.15) is 12.7 Å². The molecule has 1 aliphatic rings. The van der Waals surface area contributed by atoms with Crippen molar-refractivity contribution in [1.82, 2.24) is 0 Å². The Bertz CT molecular complexity index is 1080. The second-order valence-corrected chi connectivity index (χ2v) is 6.87. The van der Waals surface area contributed by atoms with Crippen LogP contribution in [0.25, 0.3) is 17.4 Å². The van der Waals surface area contributed by atoms with Gasteiger partial charge in [-0.2, -0.15) is 10.1 Å². The van der Waals surface area contributed by atoms with Gasteiger partial charge in [-0.3, -0.25) is 4.79 Å². The molecule has 2 heterocycles. The van der Waals surface area contributed by atoms with Gasteiger partial charge in [-0.15, -0.1) is 0 Å². The third kappa shape index (κ3) is 3.42. The van der Waals surface area contributed by atoms with Crippen molar-refractivity contribution in [1.29, 1.82) is 0 Å². The number of para-hydroxylation sites is 1. The second-order valence-electron chi connectivity index (χ2n) is 6.02. The maximum absolute atomic E-state index is 12.8. The minimum absolute atomic E-state index is 0.193. The molecular formula is C21H14Cl2N2O2. The van der Waals surface area contributed by atoms with Gasteiger partial charge in [0.15, 0.2) is 0 Å². The smallest absolute Gasteiger partial charge is 0.280 e. The summed E-state index contributed by atoms with van der Waals surface area (Å²) in [6.45, 7) is 1.80. The van der Waals surface area contributed by atoms with E-state index in [2.05, 4.69) is 5.10 Å². The highest BCUT2D eigenvalue weighted by Gasteiger charge is 2.28. The van der Waals surface area contributed by atoms with E-state index in [0.717, 1.165) is 11.3 Å². The van der Waals surface area contributed by atoms with Crippen LogP contribution in [0.2, 0.25) is 10.0 Å². The minimum atomic E-state index is -0.193. The van der Waals surface area contributed by atoms with Crippen molar-refractivity contribution >= 4 is 46.6 Å². The highest BCUT2D eigenvalue weighted by atomic mass is 35.5. The lowest BCUT2D eigenvalue weighted by Crippen LogP contribution is -2.21. The summed E-state index contributed by atoms with van der Waals surface area (Å²) in [6, 6.07) is 18.1. The Morgan fingerprint density at radius 2 is 1.81 bits per heavy atom. The van der Waals surface area contributed by atoms with Crippen LogP contribution in [0.3, 0.4) is 0 Å². The molecule has 134 valence electrons. The largest absolute Gasteiger partial charge is 0.457 e. The van der Waals surface area contributed by atoms with Crippen LogP contribution >= 0.6 is 23.2 Å². The van der Waals surface area contributed by atoms with E-state index < -0.39 is 0 Å². The van der Waals surface area contributed by atoms with Crippen molar-refractivity contribution in [3.8, 4) is 11.3 Å². The van der Waals surface area contributed by atoms with E-state index in [1.807, 2.05) is 36.4 Å². The molecular weight excluding hydrogens is 383 g/mol. The lowest BCUT2D eigenvalue weighted by Gasteiger charge is -2.10. The zero-order chi connectivity index (χ0) is 19.0. The van der Waals surface area contributed by atoms with Crippen molar-refractivity contribution in [3.05, 3.63) is 82.0 Å². The minimum Gasteiger partial charge on any atom is -0.457 e. The molecule has 6 heteroatoms. The van der Waals surface area contributed by atoms with Crippen molar-refractivity contribution in [3.63, 3.8) is 0 Å². The molecule has 0 radical (unpaired) electrons. The van der Waals surface area contributed by atoms with Gasteiger partial charge in [0.25, 0.3) is 5.91 Å². The van der Waals surface area contributed by atoms with Gasteiger partial charge in [0, 0.05) is 10.6 Å². The predicted octanol–water partition coefficient (Wildman–Crippen LogP) is 6.06. The molecule has 0 saturated carbocycles. The van der Waals surface area contributed by atoms with E-state index in [1.165, 1.54) is 5.01 Å². The highest BCUT2D eigenvalue weighted by molar-refractivity contribution is 6.36. The number of halogens is 2. The van der Waals surface area contributed by atoms with E-state index >= 15 is 0 Å². The number of rotatable bonds is 3. The average molecular weight is 397 g/mol. The summed E-state index contributed by atoms with van der Waals surface area (Å²) in [4.78, 5) is 12.8. The number of carbonyl (C=O) groups excluding carboxylic acids is 1. The number of hydrogen-bond donors (Lipinski definition) is 0. The lowest BCUT2D eigenvalue weighted by atomic mass is 10.1. The summed E-state index contributed by atoms with van der Waals surface area (Å²) in [5, 5.41) is 6.81. The van der Waals surface area contributed by atoms with Gasteiger partial charge < -0.3 is 4.42 Å². The SMILES string of the molecule is CC1=NN(c2ccccc2)C(=O)C1=Cc1ccc(-c2ccc(Cl)cc2Cl)o1. The summed E-state index contributed by atoms with van der Waals surface area (Å²) >= 11 is 12.2. The van der Waals surface area contributed by atoms with Crippen molar-refractivity contribution in [2.45, 2.75) is 6.92 Å². The number of anilines is 1. The van der Waals surface area contributed by atoms with Gasteiger partial charge in [-0.25, -0.2) is 0 Å². The molecule has 0 unspecified atom stereocenters. The highest BCUT2D eigenvalue weighted by Crippen LogP contribution is 2.32. The third-order valence-corrected chi connectivity index (χ3v) is 4.72. The quantitative estimate of drug-likeness (QED) is 0.505. The maximum Gasteiger partial charge on any atom is 0.280 e. The van der Waals surface area contributed by atoms with Crippen molar-refractivity contribution in [2.75, 3.05) is 5.01 Å². The van der Waals surface area contributed by atoms with E-state index in [4.69, 9.17) is 27.6 Å². The molecule has 3 aromatic rings. The summed E-state index contributed by atoms with van der Waals surface area (Å²) in [5.74, 6) is 0.952. The zero-order valence-corrected chi connectivity index (χ0v) is 15.8. The Kier molecular flexibility index (Phi) is 4.60. The molecule has 1 amide bonds. The first-order chi connectivity index (χ1) is 13.0. The second kappa shape index (κ2) is 7.06. The van der Waals surface area contributed by atoms with Gasteiger partial charge in [0.1, 0.15) is 11.5 Å². The molecule has 1 aromatic heterocycles. The normalized spacial score (nSPS) is 15.5. The van der Waals surface area contributed by atoms with Crippen LogP contribution in [0.5, 0.6) is 0 Å². The number of benzene rings is 2. The first kappa shape index (κ1) is 17.6. The third-order valence-electron chi connectivity index (χ3n) is 4.17. The molecule has 1 aliphatic heterocycles. The predicted molar refractivity (Wildman–Crippen MR) is 109 cm³/mol. The van der Waals surface area contributed by atoms with Gasteiger partial charge in [0.05, 0.1) is 22.0 Å². The molecule has 0 N–H and O–H groups in total. The van der Waals surface area contributed by atoms with Gasteiger partial charge in [0.2, 0.25) is 0 Å². The van der Waals surface area contributed by atoms with E-state index in [9.17, 15) is 4.79 Å². The molecule has 2 aromatic carbocycles. The van der Waals surface area contributed by atoms with E-state index in [-0.39, 0.29) is 5.91 Å². The monoisotopic (exact) mass is 396 g/mol. The molecule has 0 bridgehead atoms. The van der Waals surface area contributed by atoms with Crippen molar-refractivity contribution in [2.24, 2.45) is 5.10 Å². The molecule has 4 nitrogen and oxygen atoms in total. The topological polar surface area (TPSA) is 45.8 Å². The van der Waals surface area contributed by atoms with E-state index in [1.54, 1.807) is 37.3 Å². The number of nitrogens with zero attached hydrogens (tertiary/aromatic N) is 2. The van der Waals surface area contributed by atoms with Crippen molar-refractivity contribution < 1.29 is 9.21 Å². The fraction of sp³-hybridized carbons (Fsp3) is 0.0476. The summed E-state index contributed by atoms with van der Waals surface area (Å²) in [5.41, 5.74) is 2.58. The van der Waals surface area contributed by atoms with Crippen LogP contribution in [0, 0.1) is 0 Å². The van der Waals surface area contributed by atoms with Crippen LogP contribution in [-0.4, -0.2) is 11.6 Å². The first-order valence-corrected chi connectivity index (χ1v) is 9.00. The number of carbonyl (C=O) groups is 1. The van der Waals surface area contributed by atoms with Gasteiger partial charge >= 0.3 is 0 Å². The standard InChI is InChI=1S/C21H14Cl2N2O2/c1-13-18(21(26)25(24-13)15-5-3-2-4-6-15)12-16-8-10-20(27-16)17-9-7-14(22)11-19(17)23/h2-12H,1H3. The summed E-state index contributed by atoms with van der Waals surface area (Å²) < 4.78 is 5.86. The van der Waals surface area contributed by atoms with Crippen LogP contribution in [0.4, 0.5) is 5.69 Å². The zero-order valence-electron chi connectivity index (χ0n) is 14.3. The molecule has 0 atom stereocenters. The Hall–Kier alpha value is -2.82. The lowest BCUT2D eigenvalue weighted by molar-refractivity contribution is -0.114. The Morgan fingerprint density at radius 3 is 2.56 bits per heavy atom. The molecule has 0 fully saturated rings. The maximum atomic E-state index is 12.8. The molecule has 27 heavy (non-hydrogen) atoms. The van der Waals surface area contributed by atoms with E-state index in [0.29, 0.717) is 32.9 Å². The number of hydrogen-bond acceptors (Lipinski definition) is 3. The molecule has 0 aliphatic carbocycles. The van der Waals surface area contributed by atoms with Crippen LogP contribution in [-0.2, 0) is 4.79 Å². The Morgan fingerprint density at radius 1 is 1.04 bits per heavy atom. The number of furan rings is 1. The fourth-order valence-corrected chi connectivity index (χ4v) is 3.34. The first-order valence-electron chi connectivity index (χ1n) is 8.25. The number of hydrazone groups is 1. The Balaban J connectivity index is 1.64. The summed E-state index contributed by atoms with van der Waals surface area (Å²) in [6.07, 6.45) is 1.69.